The van der Waals surface area contributed by atoms with Crippen molar-refractivity contribution in [3.63, 3.8) is 0 Å². The molecular weight excluding hydrogens is 416 g/mol. The van der Waals surface area contributed by atoms with E-state index in [2.05, 4.69) is 20.8 Å². The fourth-order valence-corrected chi connectivity index (χ4v) is 4.44. The summed E-state index contributed by atoms with van der Waals surface area (Å²) >= 11 is 0. The third kappa shape index (κ3) is 4.07. The van der Waals surface area contributed by atoms with E-state index < -0.39 is 0 Å². The Kier molecular flexibility index (Phi) is 5.56. The quantitative estimate of drug-likeness (QED) is 0.523. The highest BCUT2D eigenvalue weighted by atomic mass is 16.2. The average Bonchev–Trinajstić information content (AvgIpc) is 3.39. The van der Waals surface area contributed by atoms with E-state index in [1.165, 1.54) is 6.33 Å². The fraction of sp³-hybridized carbons (Fsp3) is 0.240. The van der Waals surface area contributed by atoms with Crippen LogP contribution in [0.15, 0.2) is 67.0 Å². The van der Waals surface area contributed by atoms with Crippen LogP contribution in [0, 0.1) is 12.8 Å². The molecule has 5 rings (SSSR count). The molecule has 0 radical (unpaired) electrons. The second kappa shape index (κ2) is 8.82. The minimum absolute atomic E-state index is 0.0237. The van der Waals surface area contributed by atoms with Crippen LogP contribution in [0.3, 0.4) is 0 Å². The number of nitrogens with one attached hydrogen (secondary N) is 1. The van der Waals surface area contributed by atoms with Gasteiger partial charge in [0.15, 0.2) is 0 Å². The van der Waals surface area contributed by atoms with Crippen molar-refractivity contribution in [1.29, 1.82) is 0 Å². The predicted molar refractivity (Wildman–Crippen MR) is 125 cm³/mol. The maximum absolute atomic E-state index is 13.2. The van der Waals surface area contributed by atoms with Crippen LogP contribution in [-0.2, 0) is 4.79 Å². The number of amides is 2. The van der Waals surface area contributed by atoms with Crippen LogP contribution in [0.2, 0.25) is 0 Å². The number of tetrazole rings is 1. The van der Waals surface area contributed by atoms with Gasteiger partial charge in [0, 0.05) is 30.3 Å². The molecule has 0 spiro atoms. The minimum Gasteiger partial charge on any atom is -0.339 e. The van der Waals surface area contributed by atoms with Gasteiger partial charge in [-0.2, -0.15) is 0 Å². The zero-order valence-electron chi connectivity index (χ0n) is 18.3. The van der Waals surface area contributed by atoms with Crippen molar-refractivity contribution >= 4 is 28.3 Å². The van der Waals surface area contributed by atoms with Crippen molar-refractivity contribution in [1.82, 2.24) is 25.1 Å². The van der Waals surface area contributed by atoms with E-state index in [9.17, 15) is 9.59 Å². The maximum atomic E-state index is 13.2. The molecule has 0 unspecified atom stereocenters. The van der Waals surface area contributed by atoms with Gasteiger partial charge >= 0.3 is 0 Å². The van der Waals surface area contributed by atoms with Gasteiger partial charge in [-0.05, 0) is 64.7 Å². The first-order valence-corrected chi connectivity index (χ1v) is 11.0. The molecule has 1 aromatic heterocycles. The Morgan fingerprint density at radius 3 is 2.52 bits per heavy atom. The van der Waals surface area contributed by atoms with Crippen LogP contribution in [0.5, 0.6) is 0 Å². The molecule has 33 heavy (non-hydrogen) atoms. The molecule has 1 aliphatic heterocycles. The third-order valence-electron chi connectivity index (χ3n) is 6.33. The molecule has 2 amide bonds. The number of aromatic nitrogens is 4. The Bertz CT molecular complexity index is 1300. The summed E-state index contributed by atoms with van der Waals surface area (Å²) in [5, 5.41) is 16.4. The molecule has 1 fully saturated rings. The number of benzene rings is 3. The van der Waals surface area contributed by atoms with Gasteiger partial charge in [-0.3, -0.25) is 9.59 Å². The highest BCUT2D eigenvalue weighted by Gasteiger charge is 2.28. The summed E-state index contributed by atoms with van der Waals surface area (Å²) in [5.41, 5.74) is 3.16. The topological polar surface area (TPSA) is 93.0 Å². The number of nitrogens with zero attached hydrogens (tertiary/aromatic N) is 5. The van der Waals surface area contributed by atoms with Crippen LogP contribution < -0.4 is 5.32 Å². The number of rotatable bonds is 4. The molecule has 8 nitrogen and oxygen atoms in total. The van der Waals surface area contributed by atoms with Gasteiger partial charge in [0.1, 0.15) is 6.33 Å². The van der Waals surface area contributed by atoms with Crippen molar-refractivity contribution in [2.75, 3.05) is 18.4 Å². The number of anilines is 1. The largest absolute Gasteiger partial charge is 0.339 e. The van der Waals surface area contributed by atoms with E-state index >= 15 is 0 Å². The molecular formula is C25H24N6O2. The summed E-state index contributed by atoms with van der Waals surface area (Å²) in [6, 6.07) is 19.4. The molecule has 1 N–H and O–H groups in total. The second-order valence-electron chi connectivity index (χ2n) is 8.29. The van der Waals surface area contributed by atoms with Crippen LogP contribution in [0.1, 0.15) is 28.8 Å². The number of hydrogen-bond donors (Lipinski definition) is 1. The molecule has 0 bridgehead atoms. The number of carbonyl (C=O) groups excluding carboxylic acids is 2. The first-order chi connectivity index (χ1) is 16.1. The first-order valence-electron chi connectivity index (χ1n) is 11.0. The van der Waals surface area contributed by atoms with Gasteiger partial charge in [0.25, 0.3) is 5.91 Å². The molecule has 1 aliphatic rings. The summed E-state index contributed by atoms with van der Waals surface area (Å²) in [7, 11) is 0. The monoisotopic (exact) mass is 440 g/mol. The summed E-state index contributed by atoms with van der Waals surface area (Å²) in [5.74, 6) is -0.141. The lowest BCUT2D eigenvalue weighted by atomic mass is 9.94. The van der Waals surface area contributed by atoms with E-state index in [1.807, 2.05) is 72.5 Å². The molecule has 0 atom stereocenters. The highest BCUT2D eigenvalue weighted by molar-refractivity contribution is 6.07. The van der Waals surface area contributed by atoms with Crippen molar-refractivity contribution in [2.24, 2.45) is 5.92 Å². The van der Waals surface area contributed by atoms with Crippen LogP contribution in [-0.4, -0.2) is 50.0 Å². The fourth-order valence-electron chi connectivity index (χ4n) is 4.44. The van der Waals surface area contributed by atoms with Gasteiger partial charge in [0.2, 0.25) is 5.91 Å². The van der Waals surface area contributed by atoms with Crippen molar-refractivity contribution in [3.05, 3.63) is 78.1 Å². The lowest BCUT2D eigenvalue weighted by Gasteiger charge is -2.31. The predicted octanol–water partition coefficient (Wildman–Crippen LogP) is 3.61. The summed E-state index contributed by atoms with van der Waals surface area (Å²) < 4.78 is 1.57. The summed E-state index contributed by atoms with van der Waals surface area (Å²) in [6.07, 6.45) is 2.79. The number of piperidine rings is 1. The molecule has 0 saturated carbocycles. The molecule has 0 aliphatic carbocycles. The lowest BCUT2D eigenvalue weighted by molar-refractivity contribution is -0.121. The molecule has 166 valence electrons. The minimum atomic E-state index is -0.141. The van der Waals surface area contributed by atoms with Crippen LogP contribution >= 0.6 is 0 Å². The van der Waals surface area contributed by atoms with Gasteiger partial charge in [0.05, 0.1) is 5.69 Å². The van der Waals surface area contributed by atoms with Crippen molar-refractivity contribution < 1.29 is 9.59 Å². The van der Waals surface area contributed by atoms with Gasteiger partial charge in [-0.1, -0.05) is 42.5 Å². The molecule has 3 aromatic carbocycles. The van der Waals surface area contributed by atoms with Gasteiger partial charge in [-0.25, -0.2) is 4.68 Å². The van der Waals surface area contributed by atoms with E-state index in [4.69, 9.17) is 0 Å². The Morgan fingerprint density at radius 2 is 1.73 bits per heavy atom. The van der Waals surface area contributed by atoms with E-state index in [1.54, 1.807) is 4.68 Å². The van der Waals surface area contributed by atoms with Crippen molar-refractivity contribution in [2.45, 2.75) is 19.8 Å². The highest BCUT2D eigenvalue weighted by Crippen LogP contribution is 2.26. The number of hydrogen-bond acceptors (Lipinski definition) is 5. The second-order valence-corrected chi connectivity index (χ2v) is 8.29. The Hall–Kier alpha value is -4.07. The summed E-state index contributed by atoms with van der Waals surface area (Å²) in [4.78, 5) is 28.0. The van der Waals surface area contributed by atoms with Crippen LogP contribution in [0.4, 0.5) is 5.69 Å². The zero-order chi connectivity index (χ0) is 22.8. The number of fused-ring (bicyclic) bond motifs is 1. The Morgan fingerprint density at radius 1 is 0.970 bits per heavy atom. The van der Waals surface area contributed by atoms with Gasteiger partial charge in [-0.15, -0.1) is 5.10 Å². The molecule has 8 heteroatoms. The lowest BCUT2D eigenvalue weighted by Crippen LogP contribution is -2.41. The normalized spacial score (nSPS) is 14.4. The summed E-state index contributed by atoms with van der Waals surface area (Å²) in [6.45, 7) is 3.05. The maximum Gasteiger partial charge on any atom is 0.254 e. The number of carbonyl (C=O) groups is 2. The zero-order valence-corrected chi connectivity index (χ0v) is 18.3. The first kappa shape index (κ1) is 20.8. The van der Waals surface area contributed by atoms with E-state index in [0.717, 1.165) is 27.7 Å². The average molecular weight is 441 g/mol. The standard InChI is InChI=1S/C25H24N6O2/c1-17-22(10-5-11-23(17)31-16-26-28-29-31)27-24(32)19-12-14-30(15-13-19)25(33)21-9-4-7-18-6-2-3-8-20(18)21/h2-11,16,19H,12-15H2,1H3,(H,27,32). The smallest absolute Gasteiger partial charge is 0.254 e. The van der Waals surface area contributed by atoms with E-state index in [-0.39, 0.29) is 17.7 Å². The SMILES string of the molecule is Cc1c(NC(=O)C2CCN(C(=O)c3cccc4ccccc34)CC2)cccc1-n1cnnn1. The van der Waals surface area contributed by atoms with E-state index in [0.29, 0.717) is 31.5 Å². The Balaban J connectivity index is 1.25. The molecule has 2 heterocycles. The van der Waals surface area contributed by atoms with Gasteiger partial charge < -0.3 is 10.2 Å². The van der Waals surface area contributed by atoms with Crippen LogP contribution in [0.25, 0.3) is 16.5 Å². The molecule has 1 saturated heterocycles. The number of likely N-dealkylation sites (tertiary alicyclic amines) is 1. The Labute approximate surface area is 191 Å². The molecule has 4 aromatic rings. The van der Waals surface area contributed by atoms with Crippen molar-refractivity contribution in [3.8, 4) is 5.69 Å². The third-order valence-corrected chi connectivity index (χ3v) is 6.33.